The molecule has 92 valence electrons. The second-order valence-electron chi connectivity index (χ2n) is 3.51. The van der Waals surface area contributed by atoms with Gasteiger partial charge in [0.05, 0.1) is 18.2 Å². The van der Waals surface area contributed by atoms with Gasteiger partial charge < -0.3 is 14.8 Å². The zero-order valence-corrected chi connectivity index (χ0v) is 10.8. The van der Waals surface area contributed by atoms with Gasteiger partial charge in [0.2, 0.25) is 0 Å². The fraction of sp³-hybridized carbons (Fsp3) is 0.727. The molecule has 1 N–H and O–H groups in total. The first-order valence-corrected chi connectivity index (χ1v) is 6.37. The summed E-state index contributed by atoms with van der Waals surface area (Å²) in [5.41, 5.74) is 0. The van der Waals surface area contributed by atoms with Crippen molar-refractivity contribution in [3.05, 3.63) is 16.6 Å². The Labute approximate surface area is 101 Å². The number of methoxy groups -OCH3 is 1. The predicted molar refractivity (Wildman–Crippen MR) is 66.0 cm³/mol. The number of rotatable bonds is 9. The molecule has 0 aromatic carbocycles. The van der Waals surface area contributed by atoms with Gasteiger partial charge >= 0.3 is 0 Å². The van der Waals surface area contributed by atoms with Crippen LogP contribution >= 0.6 is 11.3 Å². The van der Waals surface area contributed by atoms with Crippen LogP contribution in [0.15, 0.2) is 11.6 Å². The van der Waals surface area contributed by atoms with Crippen LogP contribution in [0.4, 0.5) is 0 Å². The highest BCUT2D eigenvalue weighted by atomic mass is 32.1. The Morgan fingerprint density at radius 1 is 1.44 bits per heavy atom. The standard InChI is InChI=1S/C11H20N2O2S/c1-12-10(3-5-15-7-6-14-2)9-11-13-4-8-16-11/h4,8,10,12H,3,5-7,9H2,1-2H3. The third-order valence-corrected chi connectivity index (χ3v) is 3.16. The quantitative estimate of drug-likeness (QED) is 0.666. The number of ether oxygens (including phenoxy) is 2. The molecule has 0 bridgehead atoms. The van der Waals surface area contributed by atoms with Gasteiger partial charge in [0.25, 0.3) is 0 Å². The van der Waals surface area contributed by atoms with Gasteiger partial charge in [0, 0.05) is 37.8 Å². The summed E-state index contributed by atoms with van der Waals surface area (Å²) >= 11 is 1.70. The lowest BCUT2D eigenvalue weighted by Crippen LogP contribution is -2.29. The van der Waals surface area contributed by atoms with E-state index < -0.39 is 0 Å². The smallest absolute Gasteiger partial charge is 0.0940 e. The van der Waals surface area contributed by atoms with E-state index in [2.05, 4.69) is 10.3 Å². The van der Waals surface area contributed by atoms with Crippen molar-refractivity contribution in [1.82, 2.24) is 10.3 Å². The molecular formula is C11H20N2O2S. The minimum atomic E-state index is 0.439. The number of nitrogens with one attached hydrogen (secondary N) is 1. The maximum atomic E-state index is 5.44. The summed E-state index contributed by atoms with van der Waals surface area (Å²) in [6, 6.07) is 0.439. The van der Waals surface area contributed by atoms with Gasteiger partial charge in [-0.2, -0.15) is 0 Å². The van der Waals surface area contributed by atoms with Crippen molar-refractivity contribution in [2.75, 3.05) is 34.0 Å². The third kappa shape index (κ3) is 5.55. The highest BCUT2D eigenvalue weighted by molar-refractivity contribution is 7.09. The molecule has 1 aromatic rings. The van der Waals surface area contributed by atoms with Crippen LogP contribution in [0.2, 0.25) is 0 Å². The van der Waals surface area contributed by atoms with Crippen LogP contribution in [0.25, 0.3) is 0 Å². The molecule has 0 saturated heterocycles. The fourth-order valence-electron chi connectivity index (χ4n) is 1.38. The van der Waals surface area contributed by atoms with E-state index >= 15 is 0 Å². The van der Waals surface area contributed by atoms with Crippen LogP contribution in [-0.2, 0) is 15.9 Å². The molecule has 0 aliphatic carbocycles. The van der Waals surface area contributed by atoms with Gasteiger partial charge in [0.1, 0.15) is 0 Å². The van der Waals surface area contributed by atoms with Crippen LogP contribution in [0, 0.1) is 0 Å². The second kappa shape index (κ2) is 8.64. The summed E-state index contributed by atoms with van der Waals surface area (Å²) < 4.78 is 10.4. The van der Waals surface area contributed by atoms with Crippen molar-refractivity contribution in [1.29, 1.82) is 0 Å². The number of nitrogens with zero attached hydrogens (tertiary/aromatic N) is 1. The first-order valence-electron chi connectivity index (χ1n) is 5.49. The number of thiazole rings is 1. The monoisotopic (exact) mass is 244 g/mol. The van der Waals surface area contributed by atoms with Crippen molar-refractivity contribution in [2.24, 2.45) is 0 Å². The first-order chi connectivity index (χ1) is 7.86. The molecule has 0 aliphatic rings. The van der Waals surface area contributed by atoms with Gasteiger partial charge in [-0.25, -0.2) is 4.98 Å². The summed E-state index contributed by atoms with van der Waals surface area (Å²) in [4.78, 5) is 4.28. The van der Waals surface area contributed by atoms with Gasteiger partial charge in [-0.3, -0.25) is 0 Å². The fourth-order valence-corrected chi connectivity index (χ4v) is 2.08. The Hall–Kier alpha value is -0.490. The first kappa shape index (κ1) is 13.6. The molecule has 16 heavy (non-hydrogen) atoms. The highest BCUT2D eigenvalue weighted by Crippen LogP contribution is 2.08. The third-order valence-electron chi connectivity index (χ3n) is 2.36. The molecule has 0 fully saturated rings. The van der Waals surface area contributed by atoms with Crippen LogP contribution in [0.1, 0.15) is 11.4 Å². The highest BCUT2D eigenvalue weighted by Gasteiger charge is 2.08. The average Bonchev–Trinajstić information content (AvgIpc) is 2.80. The minimum Gasteiger partial charge on any atom is -0.382 e. The molecule has 0 amide bonds. The summed E-state index contributed by atoms with van der Waals surface area (Å²) in [7, 11) is 3.66. The van der Waals surface area contributed by atoms with Gasteiger partial charge in [0.15, 0.2) is 0 Å². The summed E-state index contributed by atoms with van der Waals surface area (Å²) in [5, 5.41) is 6.47. The molecule has 1 aromatic heterocycles. The Kier molecular flexibility index (Phi) is 7.33. The molecule has 1 heterocycles. The zero-order chi connectivity index (χ0) is 11.6. The van der Waals surface area contributed by atoms with Gasteiger partial charge in [-0.15, -0.1) is 11.3 Å². The number of aromatic nitrogens is 1. The van der Waals surface area contributed by atoms with Crippen LogP contribution < -0.4 is 5.32 Å². The number of hydrogen-bond acceptors (Lipinski definition) is 5. The van der Waals surface area contributed by atoms with E-state index in [1.165, 1.54) is 5.01 Å². The Morgan fingerprint density at radius 3 is 2.94 bits per heavy atom. The molecule has 0 saturated carbocycles. The summed E-state index contributed by atoms with van der Waals surface area (Å²) in [5.74, 6) is 0. The van der Waals surface area contributed by atoms with E-state index in [0.29, 0.717) is 19.3 Å². The van der Waals surface area contributed by atoms with E-state index in [4.69, 9.17) is 9.47 Å². The molecule has 0 radical (unpaired) electrons. The van der Waals surface area contributed by atoms with Crippen LogP contribution in [-0.4, -0.2) is 45.0 Å². The maximum absolute atomic E-state index is 5.44. The summed E-state index contributed by atoms with van der Waals surface area (Å²) in [6.07, 6.45) is 3.82. The minimum absolute atomic E-state index is 0.439. The van der Waals surface area contributed by atoms with Crippen molar-refractivity contribution < 1.29 is 9.47 Å². The maximum Gasteiger partial charge on any atom is 0.0940 e. The molecule has 1 rings (SSSR count). The largest absolute Gasteiger partial charge is 0.382 e. The number of likely N-dealkylation sites (N-methyl/N-ethyl adjacent to an activating group) is 1. The Balaban J connectivity index is 2.12. The molecule has 5 heteroatoms. The van der Waals surface area contributed by atoms with Crippen molar-refractivity contribution in [3.63, 3.8) is 0 Å². The Bertz CT molecular complexity index is 254. The van der Waals surface area contributed by atoms with E-state index in [1.54, 1.807) is 18.4 Å². The summed E-state index contributed by atoms with van der Waals surface area (Å²) in [6.45, 7) is 2.10. The lowest BCUT2D eigenvalue weighted by molar-refractivity contribution is 0.0661. The average molecular weight is 244 g/mol. The van der Waals surface area contributed by atoms with E-state index in [-0.39, 0.29) is 0 Å². The molecular weight excluding hydrogens is 224 g/mol. The van der Waals surface area contributed by atoms with E-state index in [0.717, 1.165) is 19.4 Å². The van der Waals surface area contributed by atoms with Crippen LogP contribution in [0.5, 0.6) is 0 Å². The molecule has 0 aliphatic heterocycles. The van der Waals surface area contributed by atoms with Crippen molar-refractivity contribution >= 4 is 11.3 Å². The molecule has 1 atom stereocenters. The van der Waals surface area contributed by atoms with Crippen molar-refractivity contribution in [2.45, 2.75) is 18.9 Å². The van der Waals surface area contributed by atoms with E-state index in [1.807, 2.05) is 18.6 Å². The Morgan fingerprint density at radius 2 is 2.31 bits per heavy atom. The molecule has 4 nitrogen and oxygen atoms in total. The second-order valence-corrected chi connectivity index (χ2v) is 4.49. The molecule has 0 spiro atoms. The van der Waals surface area contributed by atoms with E-state index in [9.17, 15) is 0 Å². The zero-order valence-electron chi connectivity index (χ0n) is 9.94. The van der Waals surface area contributed by atoms with Gasteiger partial charge in [-0.1, -0.05) is 0 Å². The van der Waals surface area contributed by atoms with Crippen molar-refractivity contribution in [3.8, 4) is 0 Å². The SMILES string of the molecule is CNC(CCOCCOC)Cc1nccs1. The lowest BCUT2D eigenvalue weighted by atomic mass is 10.1. The van der Waals surface area contributed by atoms with Crippen LogP contribution in [0.3, 0.4) is 0 Å². The number of hydrogen-bond donors (Lipinski definition) is 1. The molecule has 1 unspecified atom stereocenters. The topological polar surface area (TPSA) is 43.4 Å². The normalized spacial score (nSPS) is 12.9. The predicted octanol–water partition coefficient (Wildman–Crippen LogP) is 1.33. The van der Waals surface area contributed by atoms with Gasteiger partial charge in [-0.05, 0) is 13.5 Å². The lowest BCUT2D eigenvalue weighted by Gasteiger charge is -2.14.